The topological polar surface area (TPSA) is 102 Å². The van der Waals surface area contributed by atoms with Crippen molar-refractivity contribution in [1.82, 2.24) is 9.97 Å². The molecule has 33 heavy (non-hydrogen) atoms. The maximum absolute atomic E-state index is 11.7. The maximum atomic E-state index is 11.7. The predicted molar refractivity (Wildman–Crippen MR) is 127 cm³/mol. The van der Waals surface area contributed by atoms with E-state index in [0.717, 1.165) is 11.1 Å². The molecule has 4 rings (SSSR count). The molecule has 1 aromatic heterocycles. The number of hydrogen-bond acceptors (Lipinski definition) is 8. The highest BCUT2D eigenvalue weighted by atomic mass is 35.5. The standard InChI is InChI=1S/C24H19ClN4O4/c1-32-22(30)14-3-8-17(9-4-14)26-21-19-13-16(25)7-12-20(19)28-24(29-21)27-18-10-5-15(6-11-18)23(31)33-2/h3-13H,1-2H3,(H2,26,27,28,29). The van der Waals surface area contributed by atoms with E-state index in [1.54, 1.807) is 66.7 Å². The normalized spacial score (nSPS) is 10.5. The molecule has 2 N–H and O–H groups in total. The molecule has 4 aromatic rings. The van der Waals surface area contributed by atoms with Crippen LogP contribution in [-0.4, -0.2) is 36.1 Å². The van der Waals surface area contributed by atoms with Gasteiger partial charge in [0.1, 0.15) is 5.82 Å². The Morgan fingerprint density at radius 3 is 1.85 bits per heavy atom. The number of hydrogen-bond donors (Lipinski definition) is 2. The number of carbonyl (C=O) groups excluding carboxylic acids is 2. The number of halogens is 1. The van der Waals surface area contributed by atoms with E-state index < -0.39 is 11.9 Å². The van der Waals surface area contributed by atoms with Gasteiger partial charge in [0.05, 0.1) is 30.9 Å². The van der Waals surface area contributed by atoms with Crippen LogP contribution in [0.3, 0.4) is 0 Å². The Kier molecular flexibility index (Phi) is 6.37. The van der Waals surface area contributed by atoms with Crippen LogP contribution in [0.15, 0.2) is 66.7 Å². The van der Waals surface area contributed by atoms with Crippen LogP contribution >= 0.6 is 11.6 Å². The van der Waals surface area contributed by atoms with Crippen LogP contribution in [0.5, 0.6) is 0 Å². The quantitative estimate of drug-likeness (QED) is 0.370. The molecular weight excluding hydrogens is 444 g/mol. The minimum absolute atomic E-state index is 0.351. The molecule has 0 amide bonds. The van der Waals surface area contributed by atoms with Crippen LogP contribution in [-0.2, 0) is 9.47 Å². The average molecular weight is 463 g/mol. The smallest absolute Gasteiger partial charge is 0.337 e. The SMILES string of the molecule is COC(=O)c1ccc(Nc2nc(Nc3ccc(C(=O)OC)cc3)c3cc(Cl)ccc3n2)cc1. The Balaban J connectivity index is 1.66. The van der Waals surface area contributed by atoms with Gasteiger partial charge in [-0.05, 0) is 66.7 Å². The number of aromatic nitrogens is 2. The molecule has 3 aromatic carbocycles. The zero-order valence-electron chi connectivity index (χ0n) is 17.8. The van der Waals surface area contributed by atoms with E-state index in [4.69, 9.17) is 21.1 Å². The van der Waals surface area contributed by atoms with Crippen molar-refractivity contribution in [2.24, 2.45) is 0 Å². The van der Waals surface area contributed by atoms with Crippen LogP contribution in [0.1, 0.15) is 20.7 Å². The van der Waals surface area contributed by atoms with E-state index in [-0.39, 0.29) is 0 Å². The number of carbonyl (C=O) groups is 2. The van der Waals surface area contributed by atoms with Crippen molar-refractivity contribution in [3.63, 3.8) is 0 Å². The Morgan fingerprint density at radius 1 is 0.758 bits per heavy atom. The first kappa shape index (κ1) is 22.0. The van der Waals surface area contributed by atoms with Gasteiger partial charge in [-0.1, -0.05) is 11.6 Å². The molecule has 0 aliphatic heterocycles. The van der Waals surface area contributed by atoms with Crippen molar-refractivity contribution in [2.75, 3.05) is 24.9 Å². The number of methoxy groups -OCH3 is 2. The molecule has 9 heteroatoms. The van der Waals surface area contributed by atoms with Crippen LogP contribution in [0.2, 0.25) is 5.02 Å². The summed E-state index contributed by atoms with van der Waals surface area (Å²) in [6.45, 7) is 0. The van der Waals surface area contributed by atoms with Gasteiger partial charge in [-0.3, -0.25) is 0 Å². The van der Waals surface area contributed by atoms with Crippen molar-refractivity contribution >= 4 is 57.6 Å². The third kappa shape index (κ3) is 5.02. The molecule has 0 aliphatic carbocycles. The Hall–Kier alpha value is -4.17. The van der Waals surface area contributed by atoms with E-state index >= 15 is 0 Å². The first-order chi connectivity index (χ1) is 16.0. The minimum atomic E-state index is -0.412. The summed E-state index contributed by atoms with van der Waals surface area (Å²) in [5.41, 5.74) is 2.98. The highest BCUT2D eigenvalue weighted by molar-refractivity contribution is 6.31. The van der Waals surface area contributed by atoms with E-state index in [1.165, 1.54) is 14.2 Å². The molecule has 0 saturated carbocycles. The van der Waals surface area contributed by atoms with Crippen LogP contribution < -0.4 is 10.6 Å². The molecule has 8 nitrogen and oxygen atoms in total. The van der Waals surface area contributed by atoms with Gasteiger partial charge < -0.3 is 20.1 Å². The second-order valence-electron chi connectivity index (χ2n) is 6.95. The van der Waals surface area contributed by atoms with Gasteiger partial charge in [-0.25, -0.2) is 14.6 Å². The van der Waals surface area contributed by atoms with Gasteiger partial charge in [0, 0.05) is 21.8 Å². The number of ether oxygens (including phenoxy) is 2. The molecule has 1 heterocycles. The second kappa shape index (κ2) is 9.54. The summed E-state index contributed by atoms with van der Waals surface area (Å²) in [6.07, 6.45) is 0. The summed E-state index contributed by atoms with van der Waals surface area (Å²) < 4.78 is 9.46. The molecule has 0 fully saturated rings. The summed E-state index contributed by atoms with van der Waals surface area (Å²) in [4.78, 5) is 32.5. The van der Waals surface area contributed by atoms with Crippen molar-refractivity contribution in [3.05, 3.63) is 82.9 Å². The number of esters is 2. The third-order valence-electron chi connectivity index (χ3n) is 4.79. The fourth-order valence-corrected chi connectivity index (χ4v) is 3.30. The lowest BCUT2D eigenvalue weighted by Crippen LogP contribution is -2.04. The van der Waals surface area contributed by atoms with Gasteiger partial charge in [-0.15, -0.1) is 0 Å². The summed E-state index contributed by atoms with van der Waals surface area (Å²) >= 11 is 6.20. The predicted octanol–water partition coefficient (Wildman–Crippen LogP) is 5.34. The molecule has 0 spiro atoms. The number of fused-ring (bicyclic) bond motifs is 1. The van der Waals surface area contributed by atoms with Crippen molar-refractivity contribution in [1.29, 1.82) is 0 Å². The number of nitrogens with zero attached hydrogens (tertiary/aromatic N) is 2. The lowest BCUT2D eigenvalue weighted by Gasteiger charge is -2.13. The van der Waals surface area contributed by atoms with Gasteiger partial charge >= 0.3 is 11.9 Å². The molecule has 0 radical (unpaired) electrons. The minimum Gasteiger partial charge on any atom is -0.465 e. The molecular formula is C24H19ClN4O4. The van der Waals surface area contributed by atoms with E-state index in [1.807, 2.05) is 0 Å². The van der Waals surface area contributed by atoms with Gasteiger partial charge in [0.25, 0.3) is 0 Å². The molecule has 0 bridgehead atoms. The number of rotatable bonds is 6. The fraction of sp³-hybridized carbons (Fsp3) is 0.0833. The first-order valence-corrected chi connectivity index (χ1v) is 10.2. The monoisotopic (exact) mass is 462 g/mol. The maximum Gasteiger partial charge on any atom is 0.337 e. The Labute approximate surface area is 194 Å². The van der Waals surface area contributed by atoms with Crippen LogP contribution in [0, 0.1) is 0 Å². The van der Waals surface area contributed by atoms with Gasteiger partial charge in [0.15, 0.2) is 0 Å². The van der Waals surface area contributed by atoms with E-state index in [0.29, 0.717) is 39.1 Å². The van der Waals surface area contributed by atoms with Gasteiger partial charge in [0.2, 0.25) is 5.95 Å². The summed E-state index contributed by atoms with van der Waals surface area (Å²) in [7, 11) is 2.67. The first-order valence-electron chi connectivity index (χ1n) is 9.85. The summed E-state index contributed by atoms with van der Waals surface area (Å²) in [5.74, 6) is 0.0573. The molecule has 0 atom stereocenters. The Morgan fingerprint density at radius 2 is 1.30 bits per heavy atom. The van der Waals surface area contributed by atoms with E-state index in [9.17, 15) is 9.59 Å². The van der Waals surface area contributed by atoms with Gasteiger partial charge in [-0.2, -0.15) is 4.98 Å². The van der Waals surface area contributed by atoms with Crippen molar-refractivity contribution in [3.8, 4) is 0 Å². The molecule has 166 valence electrons. The zero-order valence-corrected chi connectivity index (χ0v) is 18.5. The van der Waals surface area contributed by atoms with Crippen LogP contribution in [0.25, 0.3) is 10.9 Å². The second-order valence-corrected chi connectivity index (χ2v) is 7.38. The number of nitrogens with one attached hydrogen (secondary N) is 2. The van der Waals surface area contributed by atoms with Crippen LogP contribution in [0.4, 0.5) is 23.1 Å². The molecule has 0 unspecified atom stereocenters. The summed E-state index contributed by atoms with van der Waals surface area (Å²) in [5, 5.41) is 7.68. The summed E-state index contributed by atoms with van der Waals surface area (Å²) in [6, 6.07) is 18.9. The highest BCUT2D eigenvalue weighted by Gasteiger charge is 2.11. The third-order valence-corrected chi connectivity index (χ3v) is 5.02. The highest BCUT2D eigenvalue weighted by Crippen LogP contribution is 2.29. The number of benzene rings is 3. The lowest BCUT2D eigenvalue weighted by molar-refractivity contribution is 0.0592. The largest absolute Gasteiger partial charge is 0.465 e. The van der Waals surface area contributed by atoms with Crippen molar-refractivity contribution < 1.29 is 19.1 Å². The lowest BCUT2D eigenvalue weighted by atomic mass is 10.2. The fourth-order valence-electron chi connectivity index (χ4n) is 3.13. The zero-order chi connectivity index (χ0) is 23.4. The number of anilines is 4. The molecule has 0 aliphatic rings. The Bertz CT molecular complexity index is 1330. The average Bonchev–Trinajstić information content (AvgIpc) is 2.84. The molecule has 0 saturated heterocycles. The van der Waals surface area contributed by atoms with E-state index in [2.05, 4.69) is 20.6 Å². The van der Waals surface area contributed by atoms with Crippen molar-refractivity contribution in [2.45, 2.75) is 0 Å².